The van der Waals surface area contributed by atoms with Crippen LogP contribution in [0.15, 0.2) is 12.1 Å². The van der Waals surface area contributed by atoms with Gasteiger partial charge in [0.1, 0.15) is 5.82 Å². The summed E-state index contributed by atoms with van der Waals surface area (Å²) >= 11 is 0. The van der Waals surface area contributed by atoms with Crippen molar-refractivity contribution in [1.82, 2.24) is 0 Å². The Hall–Kier alpha value is -1.10. The first kappa shape index (κ1) is 15.3. The van der Waals surface area contributed by atoms with E-state index >= 15 is 0 Å². The number of nitrogens with two attached hydrogens (primary N) is 1. The fourth-order valence-corrected chi connectivity index (χ4v) is 2.50. The molecule has 1 nitrogen and oxygen atoms in total. The van der Waals surface area contributed by atoms with E-state index in [9.17, 15) is 17.6 Å². The van der Waals surface area contributed by atoms with E-state index in [0.29, 0.717) is 17.9 Å². The van der Waals surface area contributed by atoms with E-state index in [-0.39, 0.29) is 11.6 Å². The molecule has 0 saturated heterocycles. The summed E-state index contributed by atoms with van der Waals surface area (Å²) in [5.74, 6) is -0.577. The molecule has 1 aromatic carbocycles. The highest BCUT2D eigenvalue weighted by Crippen LogP contribution is 2.35. The highest BCUT2D eigenvalue weighted by atomic mass is 19.4. The van der Waals surface area contributed by atoms with E-state index in [1.54, 1.807) is 0 Å². The Morgan fingerprint density at radius 3 is 2.50 bits per heavy atom. The summed E-state index contributed by atoms with van der Waals surface area (Å²) in [7, 11) is 0. The van der Waals surface area contributed by atoms with Gasteiger partial charge in [-0.3, -0.25) is 0 Å². The molecule has 0 heterocycles. The van der Waals surface area contributed by atoms with E-state index in [4.69, 9.17) is 5.73 Å². The summed E-state index contributed by atoms with van der Waals surface area (Å²) in [6, 6.07) is 2.57. The molecule has 1 fully saturated rings. The highest BCUT2D eigenvalue weighted by Gasteiger charge is 2.35. The number of alkyl halides is 3. The van der Waals surface area contributed by atoms with Crippen molar-refractivity contribution >= 4 is 0 Å². The zero-order valence-electron chi connectivity index (χ0n) is 11.4. The zero-order valence-corrected chi connectivity index (χ0v) is 11.4. The van der Waals surface area contributed by atoms with Crippen LogP contribution in [0, 0.1) is 18.7 Å². The minimum absolute atomic E-state index is 0.0429. The maximum absolute atomic E-state index is 13.5. The van der Waals surface area contributed by atoms with Crippen molar-refractivity contribution < 1.29 is 17.6 Å². The molecule has 0 amide bonds. The maximum atomic E-state index is 13.5. The minimum Gasteiger partial charge on any atom is -0.327 e. The molecule has 1 aliphatic rings. The summed E-state index contributed by atoms with van der Waals surface area (Å²) < 4.78 is 51.6. The first-order valence-electron chi connectivity index (χ1n) is 6.91. The predicted octanol–water partition coefficient (Wildman–Crippen LogP) is 4.21. The van der Waals surface area contributed by atoms with Crippen LogP contribution >= 0.6 is 0 Å². The lowest BCUT2D eigenvalue weighted by molar-refractivity contribution is -0.140. The van der Waals surface area contributed by atoms with Crippen LogP contribution in [0.1, 0.15) is 42.4 Å². The molecular weight excluding hydrogens is 270 g/mol. The molecule has 1 aliphatic carbocycles. The summed E-state index contributed by atoms with van der Waals surface area (Å²) in [6.07, 6.45) is -0.271. The molecule has 0 aromatic heterocycles. The average molecular weight is 289 g/mol. The van der Waals surface area contributed by atoms with Gasteiger partial charge in [-0.25, -0.2) is 4.39 Å². The second-order valence-electron chi connectivity index (χ2n) is 5.67. The van der Waals surface area contributed by atoms with Gasteiger partial charge >= 0.3 is 6.18 Å². The van der Waals surface area contributed by atoms with Crippen LogP contribution < -0.4 is 5.73 Å². The zero-order chi connectivity index (χ0) is 14.9. The summed E-state index contributed by atoms with van der Waals surface area (Å²) in [5, 5.41) is 0. The van der Waals surface area contributed by atoms with Gasteiger partial charge in [-0.15, -0.1) is 0 Å². The lowest BCUT2D eigenvalue weighted by Gasteiger charge is -2.13. The Kier molecular flexibility index (Phi) is 4.37. The van der Waals surface area contributed by atoms with Gasteiger partial charge in [0, 0.05) is 6.04 Å². The van der Waals surface area contributed by atoms with E-state index < -0.39 is 17.6 Å². The first-order valence-corrected chi connectivity index (χ1v) is 6.91. The molecule has 1 aromatic rings. The van der Waals surface area contributed by atoms with Gasteiger partial charge in [0.25, 0.3) is 0 Å². The van der Waals surface area contributed by atoms with E-state index in [0.717, 1.165) is 31.7 Å². The highest BCUT2D eigenvalue weighted by molar-refractivity contribution is 5.33. The number of hydrogen-bond acceptors (Lipinski definition) is 1. The van der Waals surface area contributed by atoms with Crippen molar-refractivity contribution in [2.24, 2.45) is 11.7 Å². The molecule has 20 heavy (non-hydrogen) atoms. The molecule has 5 heteroatoms. The summed E-state index contributed by atoms with van der Waals surface area (Å²) in [6.45, 7) is 1.37. The normalized spacial score (nSPS) is 17.3. The number of halogens is 4. The van der Waals surface area contributed by atoms with Crippen LogP contribution in [0.25, 0.3) is 0 Å². The van der Waals surface area contributed by atoms with Crippen LogP contribution in [-0.4, -0.2) is 6.04 Å². The Labute approximate surface area is 116 Å². The van der Waals surface area contributed by atoms with Crippen LogP contribution in [0.3, 0.4) is 0 Å². The molecule has 2 rings (SSSR count). The van der Waals surface area contributed by atoms with Gasteiger partial charge in [-0.05, 0) is 62.1 Å². The monoisotopic (exact) mass is 289 g/mol. The number of rotatable bonds is 5. The maximum Gasteiger partial charge on any atom is 0.419 e. The van der Waals surface area contributed by atoms with Crippen molar-refractivity contribution in [2.75, 3.05) is 0 Å². The summed E-state index contributed by atoms with van der Waals surface area (Å²) in [4.78, 5) is 0. The fraction of sp³-hybridized carbons (Fsp3) is 0.600. The molecular formula is C15H19F4N. The van der Waals surface area contributed by atoms with Crippen molar-refractivity contribution in [3.63, 3.8) is 0 Å². The molecule has 2 N–H and O–H groups in total. The Bertz CT molecular complexity index is 477. The standard InChI is InChI=1S/C15H19F4N/c1-9-7-10(3-2-4-13(20)11-5-6-11)8-12(14(9)16)15(17,18)19/h7-8,11,13H,2-6,20H2,1H3/t13-/m1/s1. The lowest BCUT2D eigenvalue weighted by Crippen LogP contribution is -2.22. The van der Waals surface area contributed by atoms with Crippen molar-refractivity contribution in [3.8, 4) is 0 Å². The molecule has 1 atom stereocenters. The largest absolute Gasteiger partial charge is 0.419 e. The van der Waals surface area contributed by atoms with Crippen LogP contribution in [0.2, 0.25) is 0 Å². The van der Waals surface area contributed by atoms with E-state index in [2.05, 4.69) is 0 Å². The first-order chi connectivity index (χ1) is 9.29. The molecule has 112 valence electrons. The summed E-state index contributed by atoms with van der Waals surface area (Å²) in [5.41, 5.74) is 5.36. The quantitative estimate of drug-likeness (QED) is 0.807. The molecule has 0 unspecified atom stereocenters. The van der Waals surface area contributed by atoms with Crippen molar-refractivity contribution in [3.05, 3.63) is 34.6 Å². The van der Waals surface area contributed by atoms with Gasteiger partial charge in [-0.2, -0.15) is 13.2 Å². The SMILES string of the molecule is Cc1cc(CCC[C@@H](N)C2CC2)cc(C(F)(F)F)c1F. The lowest BCUT2D eigenvalue weighted by atomic mass is 9.99. The van der Waals surface area contributed by atoms with Gasteiger partial charge in [0.15, 0.2) is 0 Å². The second-order valence-corrected chi connectivity index (χ2v) is 5.67. The van der Waals surface area contributed by atoms with Crippen LogP contribution in [0.4, 0.5) is 17.6 Å². The molecule has 0 aliphatic heterocycles. The van der Waals surface area contributed by atoms with Crippen molar-refractivity contribution in [1.29, 1.82) is 0 Å². The van der Waals surface area contributed by atoms with E-state index in [1.165, 1.54) is 13.0 Å². The van der Waals surface area contributed by atoms with Crippen LogP contribution in [-0.2, 0) is 12.6 Å². The van der Waals surface area contributed by atoms with Crippen molar-refractivity contribution in [2.45, 2.75) is 51.2 Å². The Morgan fingerprint density at radius 1 is 1.30 bits per heavy atom. The molecule has 0 spiro atoms. The minimum atomic E-state index is -4.64. The Balaban J connectivity index is 2.02. The third-order valence-electron chi connectivity index (χ3n) is 3.85. The third-order valence-corrected chi connectivity index (χ3v) is 3.85. The van der Waals surface area contributed by atoms with Crippen LogP contribution in [0.5, 0.6) is 0 Å². The second kappa shape index (κ2) is 5.72. The predicted molar refractivity (Wildman–Crippen MR) is 69.8 cm³/mol. The topological polar surface area (TPSA) is 26.0 Å². The van der Waals surface area contributed by atoms with Gasteiger partial charge in [0.05, 0.1) is 5.56 Å². The smallest absolute Gasteiger partial charge is 0.327 e. The van der Waals surface area contributed by atoms with Gasteiger partial charge < -0.3 is 5.73 Å². The number of aryl methyl sites for hydroxylation is 2. The average Bonchev–Trinajstić information content (AvgIpc) is 3.15. The number of hydrogen-bond donors (Lipinski definition) is 1. The molecule has 0 bridgehead atoms. The third kappa shape index (κ3) is 3.72. The molecule has 1 saturated carbocycles. The van der Waals surface area contributed by atoms with E-state index in [1.807, 2.05) is 0 Å². The molecule has 0 radical (unpaired) electrons. The Morgan fingerprint density at radius 2 is 1.95 bits per heavy atom. The fourth-order valence-electron chi connectivity index (χ4n) is 2.50. The number of benzene rings is 1. The van der Waals surface area contributed by atoms with Gasteiger partial charge in [0.2, 0.25) is 0 Å². The van der Waals surface area contributed by atoms with Gasteiger partial charge in [-0.1, -0.05) is 6.07 Å².